The molecule has 0 saturated heterocycles. The van der Waals surface area contributed by atoms with Crippen LogP contribution in [0.1, 0.15) is 38.5 Å². The van der Waals surface area contributed by atoms with Crippen molar-refractivity contribution in [2.75, 3.05) is 0 Å². The van der Waals surface area contributed by atoms with Crippen molar-refractivity contribution in [1.82, 2.24) is 0 Å². The SMILES string of the molecule is C=C[Si](C)(C)CCCCCCCC[Si](C)(Br)Br. The van der Waals surface area contributed by atoms with Crippen molar-refractivity contribution in [1.29, 1.82) is 0 Å². The predicted molar refractivity (Wildman–Crippen MR) is 94.5 cm³/mol. The van der Waals surface area contributed by atoms with E-state index in [0.717, 1.165) is 0 Å². The Morgan fingerprint density at radius 1 is 0.824 bits per heavy atom. The highest BCUT2D eigenvalue weighted by Gasteiger charge is 2.17. The standard InChI is InChI=1S/C13H28Br2Si2/c1-5-16(2,3)12-10-8-6-7-9-11-13-17(4,14)15/h5H,1,6-13H2,2-4H3. The van der Waals surface area contributed by atoms with Crippen molar-refractivity contribution >= 4 is 44.0 Å². The summed E-state index contributed by atoms with van der Waals surface area (Å²) in [6, 6.07) is 2.77. The molecule has 0 spiro atoms. The lowest BCUT2D eigenvalue weighted by atomic mass is 10.1. The van der Waals surface area contributed by atoms with Gasteiger partial charge >= 0.3 is 0 Å². The molecular formula is C13H28Br2Si2. The molecule has 0 aromatic carbocycles. The Balaban J connectivity index is 3.28. The summed E-state index contributed by atoms with van der Waals surface area (Å²) in [6.07, 6.45) is 8.45. The predicted octanol–water partition coefficient (Wildman–Crippen LogP) is 6.62. The minimum absolute atomic E-state index is 1.02. The van der Waals surface area contributed by atoms with E-state index >= 15 is 0 Å². The lowest BCUT2D eigenvalue weighted by Crippen LogP contribution is -2.21. The van der Waals surface area contributed by atoms with Crippen LogP contribution >= 0.6 is 30.6 Å². The summed E-state index contributed by atoms with van der Waals surface area (Å²) in [4.78, 5) is 0. The average Bonchev–Trinajstić information content (AvgIpc) is 2.20. The number of hydrogen-bond donors (Lipinski definition) is 0. The lowest BCUT2D eigenvalue weighted by molar-refractivity contribution is 0.622. The second-order valence-electron chi connectivity index (χ2n) is 5.88. The van der Waals surface area contributed by atoms with Gasteiger partial charge in [-0.1, -0.05) is 64.2 Å². The van der Waals surface area contributed by atoms with E-state index in [9.17, 15) is 0 Å². The summed E-state index contributed by atoms with van der Waals surface area (Å²) in [6.45, 7) is 11.1. The van der Waals surface area contributed by atoms with Gasteiger partial charge in [-0.25, -0.2) is 0 Å². The summed E-state index contributed by atoms with van der Waals surface area (Å²) < 4.78 is 0. The van der Waals surface area contributed by atoms with Gasteiger partial charge in [0.2, 0.25) is 0 Å². The topological polar surface area (TPSA) is 0 Å². The fourth-order valence-corrected chi connectivity index (χ4v) is 5.74. The van der Waals surface area contributed by atoms with Crippen LogP contribution < -0.4 is 0 Å². The van der Waals surface area contributed by atoms with Gasteiger partial charge in [-0.05, 0) is 6.04 Å². The van der Waals surface area contributed by atoms with Crippen molar-refractivity contribution in [2.24, 2.45) is 0 Å². The Bertz CT molecular complexity index is 210. The van der Waals surface area contributed by atoms with Crippen LogP contribution in [0, 0.1) is 0 Å². The molecule has 0 bridgehead atoms. The number of halogens is 2. The zero-order chi connectivity index (χ0) is 13.4. The summed E-state index contributed by atoms with van der Waals surface area (Å²) in [7, 11) is -1.02. The molecular weight excluding hydrogens is 372 g/mol. The highest BCUT2D eigenvalue weighted by Crippen LogP contribution is 2.27. The first-order valence-electron chi connectivity index (χ1n) is 6.78. The summed E-state index contributed by atoms with van der Waals surface area (Å²) >= 11 is 7.51. The van der Waals surface area contributed by atoms with Crippen LogP contribution in [-0.4, -0.2) is 13.4 Å². The molecule has 0 N–H and O–H groups in total. The smallest absolute Gasteiger partial charge is 0.111 e. The molecule has 17 heavy (non-hydrogen) atoms. The van der Waals surface area contributed by atoms with Gasteiger partial charge in [0, 0.05) is 0 Å². The number of unbranched alkanes of at least 4 members (excludes halogenated alkanes) is 5. The van der Waals surface area contributed by atoms with E-state index in [4.69, 9.17) is 0 Å². The van der Waals surface area contributed by atoms with E-state index in [0.29, 0.717) is 0 Å². The molecule has 102 valence electrons. The maximum atomic E-state index is 3.95. The molecule has 0 radical (unpaired) electrons. The first kappa shape index (κ1) is 18.1. The summed E-state index contributed by atoms with van der Waals surface area (Å²) in [5, 5.41) is -1.14. The van der Waals surface area contributed by atoms with Crippen molar-refractivity contribution in [2.45, 2.75) is 70.3 Å². The molecule has 0 saturated carbocycles. The number of hydrogen-bond acceptors (Lipinski definition) is 0. The highest BCUT2D eigenvalue weighted by molar-refractivity contribution is 9.51. The van der Waals surface area contributed by atoms with Crippen LogP contribution in [0.2, 0.25) is 31.7 Å². The molecule has 4 heteroatoms. The average molecular weight is 400 g/mol. The Labute approximate surface area is 126 Å². The summed E-state index contributed by atoms with van der Waals surface area (Å²) in [5.74, 6) is 0. The molecule has 0 aliphatic carbocycles. The van der Waals surface area contributed by atoms with Crippen LogP contribution in [0.4, 0.5) is 0 Å². The minimum Gasteiger partial charge on any atom is -0.111 e. The van der Waals surface area contributed by atoms with Gasteiger partial charge in [0.15, 0.2) is 5.31 Å². The van der Waals surface area contributed by atoms with E-state index in [1.54, 1.807) is 0 Å². The molecule has 0 unspecified atom stereocenters. The van der Waals surface area contributed by atoms with Crippen LogP contribution in [0.5, 0.6) is 0 Å². The van der Waals surface area contributed by atoms with E-state index in [1.807, 2.05) is 0 Å². The largest absolute Gasteiger partial charge is 0.198 e. The zero-order valence-electron chi connectivity index (χ0n) is 11.7. The molecule has 0 aliphatic rings. The molecule has 0 fully saturated rings. The monoisotopic (exact) mass is 398 g/mol. The third-order valence-corrected chi connectivity index (χ3v) is 9.60. The van der Waals surface area contributed by atoms with E-state index < -0.39 is 13.4 Å². The lowest BCUT2D eigenvalue weighted by Gasteiger charge is -2.16. The van der Waals surface area contributed by atoms with Gasteiger partial charge in [-0.3, -0.25) is 0 Å². The first-order chi connectivity index (χ1) is 7.77. The second-order valence-corrected chi connectivity index (χ2v) is 27.1. The Hall–Kier alpha value is 1.13. The van der Waals surface area contributed by atoms with Crippen LogP contribution in [0.25, 0.3) is 0 Å². The van der Waals surface area contributed by atoms with Crippen LogP contribution in [0.15, 0.2) is 12.3 Å². The molecule has 0 nitrogen and oxygen atoms in total. The zero-order valence-corrected chi connectivity index (χ0v) is 16.9. The maximum Gasteiger partial charge on any atom is 0.198 e. The van der Waals surface area contributed by atoms with Crippen LogP contribution in [0.3, 0.4) is 0 Å². The Morgan fingerprint density at radius 3 is 1.65 bits per heavy atom. The van der Waals surface area contributed by atoms with Crippen molar-refractivity contribution in [3.05, 3.63) is 12.3 Å². The maximum absolute atomic E-state index is 3.95. The number of rotatable bonds is 10. The van der Waals surface area contributed by atoms with E-state index in [1.165, 1.54) is 50.6 Å². The quantitative estimate of drug-likeness (QED) is 0.220. The van der Waals surface area contributed by atoms with Gasteiger partial charge in [0.25, 0.3) is 0 Å². The minimum atomic E-state index is -1.14. The molecule has 0 atom stereocenters. The third-order valence-electron chi connectivity index (χ3n) is 3.24. The molecule has 0 aromatic rings. The Kier molecular flexibility index (Phi) is 9.71. The van der Waals surface area contributed by atoms with Gasteiger partial charge in [-0.2, -0.15) is 0 Å². The molecule has 0 heterocycles. The van der Waals surface area contributed by atoms with Gasteiger partial charge in [0.05, 0.1) is 8.07 Å². The molecule has 0 aliphatic heterocycles. The second kappa shape index (κ2) is 9.10. The Morgan fingerprint density at radius 2 is 1.24 bits per heavy atom. The summed E-state index contributed by atoms with van der Waals surface area (Å²) in [5.41, 5.74) is 2.23. The van der Waals surface area contributed by atoms with Gasteiger partial charge in [0.1, 0.15) is 0 Å². The molecule has 0 aromatic heterocycles. The normalized spacial score (nSPS) is 12.8. The van der Waals surface area contributed by atoms with Gasteiger partial charge < -0.3 is 0 Å². The van der Waals surface area contributed by atoms with E-state index in [-0.39, 0.29) is 0 Å². The fraction of sp³-hybridized carbons (Fsp3) is 0.846. The fourth-order valence-electron chi connectivity index (χ4n) is 1.83. The highest BCUT2D eigenvalue weighted by atomic mass is 79.9. The first-order valence-corrected chi connectivity index (χ1v) is 17.3. The molecule has 0 amide bonds. The van der Waals surface area contributed by atoms with Crippen LogP contribution in [-0.2, 0) is 0 Å². The molecule has 0 rings (SSSR count). The van der Waals surface area contributed by atoms with Crippen molar-refractivity contribution in [3.8, 4) is 0 Å². The van der Waals surface area contributed by atoms with Gasteiger partial charge in [-0.15, -0.1) is 42.9 Å². The van der Waals surface area contributed by atoms with Crippen molar-refractivity contribution in [3.63, 3.8) is 0 Å². The van der Waals surface area contributed by atoms with Crippen molar-refractivity contribution < 1.29 is 0 Å². The third kappa shape index (κ3) is 13.4. The van der Waals surface area contributed by atoms with E-state index in [2.05, 4.69) is 62.5 Å².